The minimum Gasteiger partial charge on any atom is -0.325 e. The molecule has 1 N–H and O–H groups in total. The maximum Gasteiger partial charge on any atom is 0.266 e. The van der Waals surface area contributed by atoms with Crippen molar-refractivity contribution < 1.29 is 0 Å². The van der Waals surface area contributed by atoms with Crippen LogP contribution in [0.25, 0.3) is 22.4 Å². The smallest absolute Gasteiger partial charge is 0.266 e. The minimum absolute atomic E-state index is 0.128. The maximum atomic E-state index is 11.8. The van der Waals surface area contributed by atoms with Crippen LogP contribution in [0.2, 0.25) is 0 Å². The van der Waals surface area contributed by atoms with Gasteiger partial charge in [0.1, 0.15) is 17.3 Å². The van der Waals surface area contributed by atoms with Gasteiger partial charge in [0.15, 0.2) is 0 Å². The Labute approximate surface area is 124 Å². The topological polar surface area (TPSA) is 82.4 Å². The fourth-order valence-electron chi connectivity index (χ4n) is 2.14. The van der Waals surface area contributed by atoms with Crippen molar-refractivity contribution in [2.45, 2.75) is 6.92 Å². The Kier molecular flexibility index (Phi) is 3.34. The number of aromatic amines is 1. The molecule has 6 heteroatoms. The highest BCUT2D eigenvalue weighted by molar-refractivity contribution is 7.03. The van der Waals surface area contributed by atoms with E-state index in [0.717, 1.165) is 22.5 Å². The first-order valence-corrected chi connectivity index (χ1v) is 7.04. The molecule has 2 aromatic heterocycles. The van der Waals surface area contributed by atoms with Crippen LogP contribution in [-0.2, 0) is 0 Å². The van der Waals surface area contributed by atoms with E-state index in [2.05, 4.69) is 14.6 Å². The Hall–Kier alpha value is -2.78. The normalized spacial score (nSPS) is 10.3. The number of rotatable bonds is 2. The van der Waals surface area contributed by atoms with Crippen molar-refractivity contribution in [3.63, 3.8) is 0 Å². The third kappa shape index (κ3) is 2.47. The summed E-state index contributed by atoms with van der Waals surface area (Å²) in [6.07, 6.45) is 0. The summed E-state index contributed by atoms with van der Waals surface area (Å²) in [4.78, 5) is 14.5. The van der Waals surface area contributed by atoms with E-state index in [-0.39, 0.29) is 11.1 Å². The number of pyridine rings is 1. The quantitative estimate of drug-likeness (QED) is 0.787. The van der Waals surface area contributed by atoms with Gasteiger partial charge in [-0.1, -0.05) is 28.8 Å². The van der Waals surface area contributed by atoms with Gasteiger partial charge < -0.3 is 4.98 Å². The summed E-state index contributed by atoms with van der Waals surface area (Å²) in [7, 11) is 0. The number of nitrogens with zero attached hydrogens (tertiary/aromatic N) is 3. The van der Waals surface area contributed by atoms with Gasteiger partial charge in [-0.3, -0.25) is 4.79 Å². The lowest BCUT2D eigenvalue weighted by molar-refractivity contribution is 1.13. The number of H-pyrrole nitrogens is 1. The van der Waals surface area contributed by atoms with E-state index in [9.17, 15) is 4.79 Å². The van der Waals surface area contributed by atoms with Gasteiger partial charge in [0.25, 0.3) is 5.56 Å². The number of benzene rings is 1. The van der Waals surface area contributed by atoms with Gasteiger partial charge in [0.05, 0.1) is 0 Å². The zero-order chi connectivity index (χ0) is 14.8. The molecule has 0 aliphatic rings. The average Bonchev–Trinajstić information content (AvgIpc) is 3.01. The molecule has 3 rings (SSSR count). The van der Waals surface area contributed by atoms with E-state index in [1.807, 2.05) is 35.7 Å². The lowest BCUT2D eigenvalue weighted by atomic mass is 9.99. The van der Waals surface area contributed by atoms with E-state index in [1.54, 1.807) is 13.0 Å². The lowest BCUT2D eigenvalue weighted by Crippen LogP contribution is -2.12. The Bertz CT molecular complexity index is 874. The highest BCUT2D eigenvalue weighted by atomic mass is 32.1. The maximum absolute atomic E-state index is 11.8. The number of hydrogen-bond acceptors (Lipinski definition) is 5. The largest absolute Gasteiger partial charge is 0.325 e. The van der Waals surface area contributed by atoms with Crippen LogP contribution >= 0.6 is 11.5 Å². The first kappa shape index (κ1) is 13.2. The first-order valence-electron chi connectivity index (χ1n) is 6.21. The summed E-state index contributed by atoms with van der Waals surface area (Å²) in [6.45, 7) is 1.79. The molecule has 0 aliphatic carbocycles. The number of aryl methyl sites for hydroxylation is 1. The number of nitriles is 1. The molecule has 0 amide bonds. The van der Waals surface area contributed by atoms with Gasteiger partial charge in [-0.05, 0) is 30.1 Å². The number of nitrogens with one attached hydrogen (secondary N) is 1. The first-order chi connectivity index (χ1) is 10.2. The van der Waals surface area contributed by atoms with Crippen LogP contribution in [0.3, 0.4) is 0 Å². The SMILES string of the molecule is Cc1cc(-c2ccc(-c3csnn3)cc2)c(C#N)c(=O)[nH]1. The van der Waals surface area contributed by atoms with Crippen LogP contribution in [0.15, 0.2) is 40.5 Å². The molecule has 0 unspecified atom stereocenters. The summed E-state index contributed by atoms with van der Waals surface area (Å²) >= 11 is 1.30. The summed E-state index contributed by atoms with van der Waals surface area (Å²) < 4.78 is 3.83. The third-order valence-electron chi connectivity index (χ3n) is 3.13. The molecule has 0 saturated heterocycles. The second-order valence-corrected chi connectivity index (χ2v) is 5.16. The molecule has 3 aromatic rings. The van der Waals surface area contributed by atoms with Crippen LogP contribution < -0.4 is 5.56 Å². The molecule has 0 spiro atoms. The molecule has 0 fully saturated rings. The molecule has 5 nitrogen and oxygen atoms in total. The molecule has 0 bridgehead atoms. The molecule has 2 heterocycles. The van der Waals surface area contributed by atoms with Crippen molar-refractivity contribution in [3.8, 4) is 28.5 Å². The van der Waals surface area contributed by atoms with E-state index in [4.69, 9.17) is 5.26 Å². The molecule has 0 atom stereocenters. The second kappa shape index (κ2) is 5.31. The molecule has 0 radical (unpaired) electrons. The van der Waals surface area contributed by atoms with Crippen LogP contribution in [0.1, 0.15) is 11.3 Å². The van der Waals surface area contributed by atoms with Gasteiger partial charge in [0.2, 0.25) is 0 Å². The van der Waals surface area contributed by atoms with Gasteiger partial charge >= 0.3 is 0 Å². The monoisotopic (exact) mass is 294 g/mol. The van der Waals surface area contributed by atoms with E-state index in [0.29, 0.717) is 5.56 Å². The van der Waals surface area contributed by atoms with Gasteiger partial charge in [0, 0.05) is 22.2 Å². The van der Waals surface area contributed by atoms with Crippen molar-refractivity contribution in [1.82, 2.24) is 14.6 Å². The highest BCUT2D eigenvalue weighted by Crippen LogP contribution is 2.25. The van der Waals surface area contributed by atoms with Crippen molar-refractivity contribution in [2.24, 2.45) is 0 Å². The van der Waals surface area contributed by atoms with Crippen molar-refractivity contribution in [1.29, 1.82) is 5.26 Å². The lowest BCUT2D eigenvalue weighted by Gasteiger charge is -2.06. The summed E-state index contributed by atoms with van der Waals surface area (Å²) in [5.41, 5.74) is 3.72. The Balaban J connectivity index is 2.10. The minimum atomic E-state index is -0.361. The van der Waals surface area contributed by atoms with E-state index < -0.39 is 0 Å². The van der Waals surface area contributed by atoms with Crippen molar-refractivity contribution >= 4 is 11.5 Å². The molecular formula is C15H10N4OS. The summed E-state index contributed by atoms with van der Waals surface area (Å²) in [5.74, 6) is 0. The van der Waals surface area contributed by atoms with Gasteiger partial charge in [-0.15, -0.1) is 5.10 Å². The fraction of sp³-hybridized carbons (Fsp3) is 0.0667. The average molecular weight is 294 g/mol. The van der Waals surface area contributed by atoms with Crippen molar-refractivity contribution in [2.75, 3.05) is 0 Å². The standard InChI is InChI=1S/C15H10N4OS/c1-9-6-12(13(7-16)15(20)17-9)10-2-4-11(5-3-10)14-8-21-19-18-14/h2-6,8H,1H3,(H,17,20). The highest BCUT2D eigenvalue weighted by Gasteiger charge is 2.10. The number of hydrogen-bond donors (Lipinski definition) is 1. The van der Waals surface area contributed by atoms with Crippen LogP contribution in [0, 0.1) is 18.3 Å². The zero-order valence-corrected chi connectivity index (χ0v) is 11.9. The zero-order valence-electron chi connectivity index (χ0n) is 11.1. The third-order valence-corrected chi connectivity index (χ3v) is 3.64. The van der Waals surface area contributed by atoms with Crippen molar-refractivity contribution in [3.05, 3.63) is 57.3 Å². The van der Waals surface area contributed by atoms with E-state index >= 15 is 0 Å². The second-order valence-electron chi connectivity index (χ2n) is 4.55. The molecule has 1 aromatic carbocycles. The van der Waals surface area contributed by atoms with Gasteiger partial charge in [-0.25, -0.2) is 0 Å². The van der Waals surface area contributed by atoms with Crippen LogP contribution in [0.4, 0.5) is 0 Å². The fourth-order valence-corrected chi connectivity index (χ4v) is 2.60. The molecule has 102 valence electrons. The Morgan fingerprint density at radius 3 is 2.57 bits per heavy atom. The summed E-state index contributed by atoms with van der Waals surface area (Å²) in [6, 6.07) is 11.3. The van der Waals surface area contributed by atoms with Gasteiger partial charge in [-0.2, -0.15) is 5.26 Å². The Morgan fingerprint density at radius 2 is 1.95 bits per heavy atom. The molecule has 0 saturated carbocycles. The van der Waals surface area contributed by atoms with Crippen LogP contribution in [-0.4, -0.2) is 14.6 Å². The predicted octanol–water partition coefficient (Wildman–Crippen LogP) is 2.74. The predicted molar refractivity (Wildman–Crippen MR) is 80.9 cm³/mol. The molecule has 21 heavy (non-hydrogen) atoms. The molecular weight excluding hydrogens is 284 g/mol. The number of aromatic nitrogens is 3. The molecule has 0 aliphatic heterocycles. The Morgan fingerprint density at radius 1 is 1.24 bits per heavy atom. The summed E-state index contributed by atoms with van der Waals surface area (Å²) in [5, 5.41) is 15.0. The van der Waals surface area contributed by atoms with Crippen LogP contribution in [0.5, 0.6) is 0 Å². The van der Waals surface area contributed by atoms with E-state index in [1.165, 1.54) is 11.5 Å².